The van der Waals surface area contributed by atoms with E-state index in [1.165, 1.54) is 24.3 Å². The van der Waals surface area contributed by atoms with Crippen LogP contribution in [0.5, 0.6) is 0 Å². The smallest absolute Gasteiger partial charge is 0.279 e. The van der Waals surface area contributed by atoms with Gasteiger partial charge in [0.15, 0.2) is 5.82 Å². The van der Waals surface area contributed by atoms with Crippen LogP contribution in [0.1, 0.15) is 57.0 Å². The summed E-state index contributed by atoms with van der Waals surface area (Å²) in [5, 5.41) is 3.39. The molecule has 0 aliphatic heterocycles. The maximum absolute atomic E-state index is 14.1. The lowest BCUT2D eigenvalue weighted by Gasteiger charge is -2.33. The number of aryl methyl sites for hydroxylation is 2. The van der Waals surface area contributed by atoms with Crippen LogP contribution in [0.3, 0.4) is 0 Å². The lowest BCUT2D eigenvalue weighted by molar-refractivity contribution is 0.211. The summed E-state index contributed by atoms with van der Waals surface area (Å²) in [6.45, 7) is 10.9. The molecular weight excluding hydrogens is 571 g/mol. The van der Waals surface area contributed by atoms with Crippen molar-refractivity contribution in [2.24, 2.45) is 9.98 Å². The molecule has 2 aromatic heterocycles. The molecule has 1 aliphatic carbocycles. The van der Waals surface area contributed by atoms with Gasteiger partial charge in [-0.05, 0) is 98.5 Å². The quantitative estimate of drug-likeness (QED) is 0.281. The minimum Gasteiger partial charge on any atom is -0.351 e. The molecule has 0 atom stereocenters. The molecule has 0 saturated heterocycles. The number of nitrogens with zero attached hydrogens (tertiary/aromatic N) is 6. The fourth-order valence-corrected chi connectivity index (χ4v) is 6.38. The van der Waals surface area contributed by atoms with Crippen molar-refractivity contribution in [2.75, 3.05) is 18.8 Å². The Kier molecular flexibility index (Phi) is 9.75. The van der Waals surface area contributed by atoms with Gasteiger partial charge in [-0.2, -0.15) is 4.99 Å². The molecule has 4 rings (SSSR count). The third-order valence-corrected chi connectivity index (χ3v) is 8.98. The molecule has 43 heavy (non-hydrogen) atoms. The van der Waals surface area contributed by atoms with E-state index in [2.05, 4.69) is 50.7 Å². The summed E-state index contributed by atoms with van der Waals surface area (Å²) in [4.78, 5) is 33.3. The molecule has 0 amide bonds. The Balaban J connectivity index is 1.65. The summed E-state index contributed by atoms with van der Waals surface area (Å²) in [6.07, 6.45) is 4.09. The molecule has 11 nitrogen and oxygen atoms in total. The number of pyridine rings is 1. The number of nitrogens with one attached hydrogen (secondary N) is 2. The molecule has 13 heteroatoms. The molecule has 2 heterocycles. The average molecular weight is 611 g/mol. The van der Waals surface area contributed by atoms with Gasteiger partial charge in [-0.3, -0.25) is 14.1 Å². The molecule has 0 bridgehead atoms. The first-order valence-electron chi connectivity index (χ1n) is 14.2. The van der Waals surface area contributed by atoms with Crippen molar-refractivity contribution < 1.29 is 12.8 Å². The third-order valence-electron chi connectivity index (χ3n) is 7.60. The van der Waals surface area contributed by atoms with Crippen LogP contribution in [0.15, 0.2) is 56.1 Å². The monoisotopic (exact) mass is 610 g/mol. The summed E-state index contributed by atoms with van der Waals surface area (Å²) in [6, 6.07) is 8.56. The number of anilines is 1. The topological polar surface area (TPSA) is 134 Å². The Labute approximate surface area is 252 Å². The maximum atomic E-state index is 14.1. The number of sulfonamides is 1. The van der Waals surface area contributed by atoms with E-state index in [0.717, 1.165) is 31.7 Å². The van der Waals surface area contributed by atoms with Crippen molar-refractivity contribution in [3.05, 3.63) is 64.0 Å². The molecule has 1 saturated carbocycles. The summed E-state index contributed by atoms with van der Waals surface area (Å²) in [5.41, 5.74) is 1.09. The van der Waals surface area contributed by atoms with Crippen LogP contribution in [-0.4, -0.2) is 66.7 Å². The van der Waals surface area contributed by atoms with Gasteiger partial charge in [-0.15, -0.1) is 0 Å². The predicted octanol–water partition coefficient (Wildman–Crippen LogP) is 4.59. The molecule has 230 valence electrons. The van der Waals surface area contributed by atoms with E-state index in [9.17, 15) is 17.6 Å². The van der Waals surface area contributed by atoms with Crippen molar-refractivity contribution in [2.45, 2.75) is 76.4 Å². The second-order valence-electron chi connectivity index (χ2n) is 11.2. The van der Waals surface area contributed by atoms with Crippen LogP contribution in [0.4, 0.5) is 16.0 Å². The van der Waals surface area contributed by atoms with Crippen molar-refractivity contribution in [3.63, 3.8) is 0 Å². The molecule has 0 unspecified atom stereocenters. The lowest BCUT2D eigenvalue weighted by Crippen LogP contribution is -2.41. The molecule has 1 fully saturated rings. The van der Waals surface area contributed by atoms with E-state index < -0.39 is 20.7 Å². The van der Waals surface area contributed by atoms with Crippen molar-refractivity contribution in [1.29, 1.82) is 0 Å². The van der Waals surface area contributed by atoms with Gasteiger partial charge >= 0.3 is 0 Å². The minimum absolute atomic E-state index is 0.0148. The van der Waals surface area contributed by atoms with Gasteiger partial charge in [0.2, 0.25) is 5.96 Å². The average Bonchev–Trinajstić information content (AvgIpc) is 2.94. The fraction of sp³-hybridized carbons (Fsp3) is 0.433. The second kappa shape index (κ2) is 13.1. The van der Waals surface area contributed by atoms with E-state index in [1.54, 1.807) is 24.5 Å². The predicted molar refractivity (Wildman–Crippen MR) is 168 cm³/mol. The first-order valence-corrected chi connectivity index (χ1v) is 15.7. The maximum Gasteiger partial charge on any atom is 0.279 e. The van der Waals surface area contributed by atoms with Gasteiger partial charge in [0.1, 0.15) is 22.2 Å². The van der Waals surface area contributed by atoms with Crippen LogP contribution < -0.4 is 15.6 Å². The lowest BCUT2D eigenvalue weighted by atomic mass is 9.90. The minimum atomic E-state index is -4.21. The Morgan fingerprint density at radius 3 is 2.33 bits per heavy atom. The van der Waals surface area contributed by atoms with Crippen LogP contribution >= 0.6 is 0 Å². The summed E-state index contributed by atoms with van der Waals surface area (Å²) >= 11 is 0. The van der Waals surface area contributed by atoms with Gasteiger partial charge < -0.3 is 10.2 Å². The van der Waals surface area contributed by atoms with Gasteiger partial charge in [0, 0.05) is 29.4 Å². The van der Waals surface area contributed by atoms with E-state index >= 15 is 0 Å². The SMILES string of the molecule is C=N/C(=N\c1c(C)nc(-c2ccc(NS(=O)(=O)c3ccccc3F)nc2C)c(=O)n1C(C)C)N[C@H]1CC[C@H](N(C)C)CC1. The largest absolute Gasteiger partial charge is 0.351 e. The summed E-state index contributed by atoms with van der Waals surface area (Å²) in [7, 11) is -0.0142. The Morgan fingerprint density at radius 2 is 1.74 bits per heavy atom. The van der Waals surface area contributed by atoms with E-state index in [0.29, 0.717) is 34.8 Å². The highest BCUT2D eigenvalue weighted by atomic mass is 32.2. The normalized spacial score (nSPS) is 17.7. The van der Waals surface area contributed by atoms with Crippen LogP contribution in [0.2, 0.25) is 0 Å². The number of rotatable bonds is 8. The van der Waals surface area contributed by atoms with Crippen LogP contribution in [-0.2, 0) is 10.0 Å². The zero-order valence-electron chi connectivity index (χ0n) is 25.4. The van der Waals surface area contributed by atoms with Gasteiger partial charge in [-0.1, -0.05) is 12.1 Å². The summed E-state index contributed by atoms with van der Waals surface area (Å²) < 4.78 is 43.5. The van der Waals surface area contributed by atoms with Gasteiger partial charge in [0.05, 0.1) is 5.69 Å². The molecule has 1 aromatic carbocycles. The number of benzene rings is 1. The molecule has 0 radical (unpaired) electrons. The van der Waals surface area contributed by atoms with E-state index in [4.69, 9.17) is 4.99 Å². The number of guanidine groups is 1. The van der Waals surface area contributed by atoms with Gasteiger partial charge in [-0.25, -0.2) is 27.8 Å². The third kappa shape index (κ3) is 7.16. The van der Waals surface area contributed by atoms with Crippen molar-refractivity contribution in [3.8, 4) is 11.3 Å². The number of aliphatic imine (C=N–C) groups is 2. The number of aromatic nitrogens is 3. The first-order chi connectivity index (χ1) is 20.3. The fourth-order valence-electron chi connectivity index (χ4n) is 5.30. The Bertz CT molecular complexity index is 1690. The highest BCUT2D eigenvalue weighted by Gasteiger charge is 2.25. The number of hydrogen-bond acceptors (Lipinski definition) is 7. The molecular formula is C30H39FN8O3S. The van der Waals surface area contributed by atoms with Crippen molar-refractivity contribution in [1.82, 2.24) is 24.8 Å². The molecule has 0 spiro atoms. The highest BCUT2D eigenvalue weighted by molar-refractivity contribution is 7.92. The van der Waals surface area contributed by atoms with Crippen LogP contribution in [0.25, 0.3) is 11.3 Å². The van der Waals surface area contributed by atoms with Crippen LogP contribution in [0, 0.1) is 19.7 Å². The molecule has 3 aromatic rings. The first kappa shape index (κ1) is 32.0. The van der Waals surface area contributed by atoms with E-state index in [1.807, 2.05) is 13.8 Å². The van der Waals surface area contributed by atoms with E-state index in [-0.39, 0.29) is 29.2 Å². The zero-order chi connectivity index (χ0) is 31.5. The Hall–Kier alpha value is -3.97. The standard InChI is InChI=1S/C30H39FN8O3S/c1-18(2)39-28(36-30(32-5)35-21-12-14-22(15-13-21)38(6)7)20(4)34-27(29(39)40)23-16-17-26(33-19(23)3)37-43(41,42)25-11-9-8-10-24(25)31/h8-11,16-18,21-22H,5,12-15H2,1-4,6-7H3,(H,33,37)(H,35,36)/t21-,22-. The molecule has 2 N–H and O–H groups in total. The van der Waals surface area contributed by atoms with Crippen molar-refractivity contribution >= 4 is 34.3 Å². The Morgan fingerprint density at radius 1 is 1.07 bits per heavy atom. The summed E-state index contributed by atoms with van der Waals surface area (Å²) in [5.74, 6) is -0.176. The second-order valence-corrected chi connectivity index (χ2v) is 12.9. The number of hydrogen-bond donors (Lipinski definition) is 2. The van der Waals surface area contributed by atoms with Gasteiger partial charge in [0.25, 0.3) is 15.6 Å². The number of halogens is 1. The highest BCUT2D eigenvalue weighted by Crippen LogP contribution is 2.27. The zero-order valence-corrected chi connectivity index (χ0v) is 26.2. The molecule has 1 aliphatic rings.